The van der Waals surface area contributed by atoms with Crippen LogP contribution in [0.4, 0.5) is 0 Å². The van der Waals surface area contributed by atoms with Crippen LogP contribution >= 0.6 is 0 Å². The van der Waals surface area contributed by atoms with Gasteiger partial charge in [-0.1, -0.05) is 12.1 Å². The van der Waals surface area contributed by atoms with Crippen LogP contribution in [0, 0.1) is 0 Å². The van der Waals surface area contributed by atoms with Gasteiger partial charge in [-0.3, -0.25) is 4.90 Å². The Morgan fingerprint density at radius 2 is 1.88 bits per heavy atom. The highest BCUT2D eigenvalue weighted by Crippen LogP contribution is 2.17. The number of carbonyl (C=O) groups is 1. The first-order valence-electron chi connectivity index (χ1n) is 9.09. The number of hydrogen-bond acceptors (Lipinski definition) is 4. The Balaban J connectivity index is 1.37. The Bertz CT molecular complexity index is 535. The van der Waals surface area contributed by atoms with E-state index < -0.39 is 5.97 Å². The van der Waals surface area contributed by atoms with Crippen molar-refractivity contribution in [2.45, 2.75) is 38.3 Å². The Labute approximate surface area is 144 Å². The molecule has 0 saturated carbocycles. The van der Waals surface area contributed by atoms with Crippen LogP contribution in [-0.2, 0) is 11.3 Å². The van der Waals surface area contributed by atoms with Crippen LogP contribution in [0.3, 0.4) is 0 Å². The van der Waals surface area contributed by atoms with E-state index in [0.29, 0.717) is 11.7 Å². The SMILES string of the molecule is O=C(O)c1cccc(CN2CCC(OCCN3CCCC3)CC2)c1. The second-order valence-corrected chi connectivity index (χ2v) is 6.90. The molecular formula is C19H28N2O3. The summed E-state index contributed by atoms with van der Waals surface area (Å²) in [5.41, 5.74) is 1.44. The number of carboxylic acid groups (broad SMARTS) is 1. The minimum atomic E-state index is -0.859. The zero-order valence-corrected chi connectivity index (χ0v) is 14.3. The first-order valence-corrected chi connectivity index (χ1v) is 9.09. The van der Waals surface area contributed by atoms with Gasteiger partial charge in [0.15, 0.2) is 0 Å². The summed E-state index contributed by atoms with van der Waals surface area (Å²) in [6, 6.07) is 7.26. The Morgan fingerprint density at radius 1 is 1.12 bits per heavy atom. The van der Waals surface area contributed by atoms with Crippen LogP contribution < -0.4 is 0 Å². The monoisotopic (exact) mass is 332 g/mol. The van der Waals surface area contributed by atoms with Gasteiger partial charge >= 0.3 is 5.97 Å². The highest BCUT2D eigenvalue weighted by Gasteiger charge is 2.20. The molecule has 2 aliphatic heterocycles. The summed E-state index contributed by atoms with van der Waals surface area (Å²) >= 11 is 0. The molecule has 0 unspecified atom stereocenters. The number of piperidine rings is 1. The number of benzene rings is 1. The summed E-state index contributed by atoms with van der Waals surface area (Å²) in [4.78, 5) is 15.9. The Hall–Kier alpha value is -1.43. The number of aromatic carboxylic acids is 1. The van der Waals surface area contributed by atoms with E-state index in [2.05, 4.69) is 9.80 Å². The lowest BCUT2D eigenvalue weighted by Gasteiger charge is -2.32. The van der Waals surface area contributed by atoms with Crippen LogP contribution in [0.15, 0.2) is 24.3 Å². The minimum absolute atomic E-state index is 0.368. The smallest absolute Gasteiger partial charge is 0.335 e. The predicted molar refractivity (Wildman–Crippen MR) is 93.3 cm³/mol. The summed E-state index contributed by atoms with van der Waals surface area (Å²) in [5.74, 6) is -0.859. The first kappa shape index (κ1) is 17.4. The molecule has 1 N–H and O–H groups in total. The van der Waals surface area contributed by atoms with Crippen molar-refractivity contribution >= 4 is 5.97 Å². The van der Waals surface area contributed by atoms with Crippen LogP contribution in [0.25, 0.3) is 0 Å². The zero-order chi connectivity index (χ0) is 16.8. The molecule has 2 saturated heterocycles. The Kier molecular flexibility index (Phi) is 6.24. The van der Waals surface area contributed by atoms with E-state index in [9.17, 15) is 4.79 Å². The molecule has 2 fully saturated rings. The van der Waals surface area contributed by atoms with Crippen LogP contribution in [0.5, 0.6) is 0 Å². The van der Waals surface area contributed by atoms with Gasteiger partial charge in [-0.05, 0) is 56.5 Å². The second kappa shape index (κ2) is 8.60. The van der Waals surface area contributed by atoms with Gasteiger partial charge in [0.05, 0.1) is 18.3 Å². The molecule has 0 aromatic heterocycles. The van der Waals surface area contributed by atoms with E-state index in [0.717, 1.165) is 51.2 Å². The lowest BCUT2D eigenvalue weighted by Crippen LogP contribution is -2.37. The van der Waals surface area contributed by atoms with Crippen LogP contribution in [0.1, 0.15) is 41.6 Å². The third-order valence-electron chi connectivity index (χ3n) is 5.07. The van der Waals surface area contributed by atoms with E-state index in [1.165, 1.54) is 25.9 Å². The second-order valence-electron chi connectivity index (χ2n) is 6.90. The third-order valence-corrected chi connectivity index (χ3v) is 5.07. The molecule has 1 aromatic carbocycles. The van der Waals surface area contributed by atoms with Gasteiger partial charge in [0.25, 0.3) is 0 Å². The van der Waals surface area contributed by atoms with E-state index in [-0.39, 0.29) is 0 Å². The highest BCUT2D eigenvalue weighted by molar-refractivity contribution is 5.87. The highest BCUT2D eigenvalue weighted by atomic mass is 16.5. The number of rotatable bonds is 7. The summed E-state index contributed by atoms with van der Waals surface area (Å²) in [5, 5.41) is 9.08. The van der Waals surface area contributed by atoms with Crippen molar-refractivity contribution in [1.82, 2.24) is 9.80 Å². The van der Waals surface area contributed by atoms with E-state index in [1.54, 1.807) is 12.1 Å². The standard InChI is InChI=1S/C19H28N2O3/c22-19(23)17-5-3-4-16(14-17)15-21-10-6-18(7-11-21)24-13-12-20-8-1-2-9-20/h3-5,14,18H,1-2,6-13,15H2,(H,22,23). The summed E-state index contributed by atoms with van der Waals surface area (Å²) in [7, 11) is 0. The van der Waals surface area contributed by atoms with Gasteiger partial charge in [-0.15, -0.1) is 0 Å². The molecule has 2 aliphatic rings. The lowest BCUT2D eigenvalue weighted by atomic mass is 10.1. The molecule has 3 rings (SSSR count). The van der Waals surface area contributed by atoms with E-state index in [1.807, 2.05) is 12.1 Å². The van der Waals surface area contributed by atoms with Crippen molar-refractivity contribution in [3.63, 3.8) is 0 Å². The van der Waals surface area contributed by atoms with E-state index in [4.69, 9.17) is 9.84 Å². The number of likely N-dealkylation sites (tertiary alicyclic amines) is 2. The van der Waals surface area contributed by atoms with Crippen molar-refractivity contribution in [2.75, 3.05) is 39.3 Å². The molecule has 0 aliphatic carbocycles. The molecule has 0 bridgehead atoms. The fourth-order valence-corrected chi connectivity index (χ4v) is 3.65. The van der Waals surface area contributed by atoms with Crippen molar-refractivity contribution < 1.29 is 14.6 Å². The average Bonchev–Trinajstić information content (AvgIpc) is 3.10. The molecular weight excluding hydrogens is 304 g/mol. The van der Waals surface area contributed by atoms with Crippen molar-refractivity contribution in [3.05, 3.63) is 35.4 Å². The van der Waals surface area contributed by atoms with Crippen molar-refractivity contribution in [2.24, 2.45) is 0 Å². The summed E-state index contributed by atoms with van der Waals surface area (Å²) in [6.07, 6.45) is 5.19. The number of ether oxygens (including phenoxy) is 1. The average molecular weight is 332 g/mol. The van der Waals surface area contributed by atoms with Gasteiger partial charge in [-0.25, -0.2) is 4.79 Å². The maximum atomic E-state index is 11.1. The topological polar surface area (TPSA) is 53.0 Å². The lowest BCUT2D eigenvalue weighted by molar-refractivity contribution is -0.00115. The fourth-order valence-electron chi connectivity index (χ4n) is 3.65. The summed E-state index contributed by atoms with van der Waals surface area (Å²) in [6.45, 7) is 7.25. The van der Waals surface area contributed by atoms with Gasteiger partial charge in [0.1, 0.15) is 0 Å². The largest absolute Gasteiger partial charge is 0.478 e. The molecule has 0 spiro atoms. The summed E-state index contributed by atoms with van der Waals surface area (Å²) < 4.78 is 6.05. The molecule has 132 valence electrons. The minimum Gasteiger partial charge on any atom is -0.478 e. The van der Waals surface area contributed by atoms with E-state index >= 15 is 0 Å². The van der Waals surface area contributed by atoms with Gasteiger partial charge in [0.2, 0.25) is 0 Å². The number of hydrogen-bond donors (Lipinski definition) is 1. The molecule has 5 nitrogen and oxygen atoms in total. The first-order chi connectivity index (χ1) is 11.7. The van der Waals surface area contributed by atoms with Gasteiger partial charge in [-0.2, -0.15) is 0 Å². The van der Waals surface area contributed by atoms with Crippen LogP contribution in [0.2, 0.25) is 0 Å². The molecule has 5 heteroatoms. The maximum Gasteiger partial charge on any atom is 0.335 e. The number of carboxylic acids is 1. The van der Waals surface area contributed by atoms with Gasteiger partial charge in [0, 0.05) is 26.2 Å². The van der Waals surface area contributed by atoms with Crippen LogP contribution in [-0.4, -0.2) is 66.3 Å². The molecule has 0 atom stereocenters. The molecule has 0 amide bonds. The quantitative estimate of drug-likeness (QED) is 0.831. The zero-order valence-electron chi connectivity index (χ0n) is 14.3. The maximum absolute atomic E-state index is 11.1. The Morgan fingerprint density at radius 3 is 2.58 bits per heavy atom. The molecule has 1 aromatic rings. The molecule has 2 heterocycles. The molecule has 24 heavy (non-hydrogen) atoms. The third kappa shape index (κ3) is 5.03. The predicted octanol–water partition coefficient (Wildman–Crippen LogP) is 2.46. The van der Waals surface area contributed by atoms with Gasteiger partial charge < -0.3 is 14.7 Å². The fraction of sp³-hybridized carbons (Fsp3) is 0.632. The normalized spacial score (nSPS) is 20.5. The van der Waals surface area contributed by atoms with Crippen molar-refractivity contribution in [1.29, 1.82) is 0 Å². The van der Waals surface area contributed by atoms with Crippen molar-refractivity contribution in [3.8, 4) is 0 Å². The number of nitrogens with zero attached hydrogens (tertiary/aromatic N) is 2. The molecule has 0 radical (unpaired) electrons.